The van der Waals surface area contributed by atoms with Crippen LogP contribution >= 0.6 is 12.2 Å². The summed E-state index contributed by atoms with van der Waals surface area (Å²) in [4.78, 5) is 6.46. The number of ether oxygens (including phenoxy) is 1. The van der Waals surface area contributed by atoms with Crippen LogP contribution in [0.3, 0.4) is 0 Å². The highest BCUT2D eigenvalue weighted by Crippen LogP contribution is 2.24. The second-order valence-corrected chi connectivity index (χ2v) is 7.93. The third kappa shape index (κ3) is 4.28. The van der Waals surface area contributed by atoms with E-state index in [1.807, 2.05) is 53.2 Å². The molecule has 1 aliphatic rings. The standard InChI is InChI=1S/C24H23N5OS/c31-24-28(16-19-6-2-1-3-7-19)23(20-10-12-25-13-11-20)26-29(24)18-27-14-15-30-22-9-5-4-8-21(22)17-27/h1-13H,14-18H2. The Hall–Kier alpha value is -3.29. The Labute approximate surface area is 186 Å². The SMILES string of the molecule is S=c1n(CN2CCOc3ccccc3C2)nc(-c2ccncc2)n1Cc1ccccc1. The van der Waals surface area contributed by atoms with Gasteiger partial charge >= 0.3 is 0 Å². The normalized spacial score (nSPS) is 13.9. The van der Waals surface area contributed by atoms with Crippen LogP contribution in [0, 0.1) is 4.77 Å². The lowest BCUT2D eigenvalue weighted by Crippen LogP contribution is -2.29. The van der Waals surface area contributed by atoms with Gasteiger partial charge < -0.3 is 4.74 Å². The van der Waals surface area contributed by atoms with Crippen molar-refractivity contribution in [3.05, 3.63) is 95.0 Å². The number of pyridine rings is 1. The quantitative estimate of drug-likeness (QED) is 0.441. The molecular weight excluding hydrogens is 406 g/mol. The van der Waals surface area contributed by atoms with Gasteiger partial charge in [-0.05, 0) is 36.0 Å². The Kier molecular flexibility index (Phi) is 5.60. The maximum atomic E-state index is 5.91. The molecule has 2 aromatic carbocycles. The van der Waals surface area contributed by atoms with E-state index in [9.17, 15) is 0 Å². The van der Waals surface area contributed by atoms with Crippen molar-refractivity contribution in [2.45, 2.75) is 19.8 Å². The predicted octanol–water partition coefficient (Wildman–Crippen LogP) is 4.38. The smallest absolute Gasteiger partial charge is 0.199 e. The van der Waals surface area contributed by atoms with Gasteiger partial charge in [0.15, 0.2) is 10.6 Å². The van der Waals surface area contributed by atoms with Crippen molar-refractivity contribution < 1.29 is 4.74 Å². The summed E-state index contributed by atoms with van der Waals surface area (Å²) >= 11 is 5.88. The zero-order valence-corrected chi connectivity index (χ0v) is 17.9. The van der Waals surface area contributed by atoms with Crippen molar-refractivity contribution in [2.24, 2.45) is 0 Å². The first-order valence-electron chi connectivity index (χ1n) is 10.3. The van der Waals surface area contributed by atoms with Gasteiger partial charge in [0.1, 0.15) is 12.4 Å². The summed E-state index contributed by atoms with van der Waals surface area (Å²) in [5, 5.41) is 4.92. The van der Waals surface area contributed by atoms with Gasteiger partial charge in [0.05, 0.1) is 13.2 Å². The molecule has 31 heavy (non-hydrogen) atoms. The molecule has 0 radical (unpaired) electrons. The highest BCUT2D eigenvalue weighted by Gasteiger charge is 2.18. The maximum Gasteiger partial charge on any atom is 0.199 e. The molecule has 0 aliphatic carbocycles. The van der Waals surface area contributed by atoms with E-state index in [0.717, 1.165) is 30.2 Å². The summed E-state index contributed by atoms with van der Waals surface area (Å²) in [7, 11) is 0. The van der Waals surface area contributed by atoms with Gasteiger partial charge in [-0.2, -0.15) is 5.10 Å². The topological polar surface area (TPSA) is 48.1 Å². The van der Waals surface area contributed by atoms with Crippen LogP contribution in [0.2, 0.25) is 0 Å². The van der Waals surface area contributed by atoms with Crippen molar-refractivity contribution in [3.8, 4) is 17.1 Å². The number of para-hydroxylation sites is 1. The van der Waals surface area contributed by atoms with Gasteiger partial charge in [0.25, 0.3) is 0 Å². The molecule has 4 aromatic rings. The van der Waals surface area contributed by atoms with E-state index in [0.29, 0.717) is 24.6 Å². The number of benzene rings is 2. The predicted molar refractivity (Wildman–Crippen MR) is 122 cm³/mol. The molecular formula is C24H23N5OS. The van der Waals surface area contributed by atoms with E-state index in [1.165, 1.54) is 11.1 Å². The Balaban J connectivity index is 1.48. The Bertz CT molecular complexity index is 1220. The third-order valence-electron chi connectivity index (χ3n) is 5.41. The Morgan fingerprint density at radius 2 is 1.71 bits per heavy atom. The summed E-state index contributed by atoms with van der Waals surface area (Å²) in [5.41, 5.74) is 3.37. The number of hydrogen-bond acceptors (Lipinski definition) is 5. The third-order valence-corrected chi connectivity index (χ3v) is 5.84. The van der Waals surface area contributed by atoms with Gasteiger partial charge in [-0.25, -0.2) is 4.68 Å². The molecule has 2 aromatic heterocycles. The molecule has 0 atom stereocenters. The van der Waals surface area contributed by atoms with E-state index in [2.05, 4.69) is 32.7 Å². The molecule has 0 fully saturated rings. The fraction of sp³-hybridized carbons (Fsp3) is 0.208. The fourth-order valence-electron chi connectivity index (χ4n) is 3.85. The lowest BCUT2D eigenvalue weighted by atomic mass is 10.2. The zero-order chi connectivity index (χ0) is 21.0. The molecule has 6 nitrogen and oxygen atoms in total. The molecule has 5 rings (SSSR count). The average molecular weight is 430 g/mol. The van der Waals surface area contributed by atoms with E-state index in [4.69, 9.17) is 22.1 Å². The van der Waals surface area contributed by atoms with Crippen LogP contribution in [0.15, 0.2) is 79.1 Å². The second-order valence-electron chi connectivity index (χ2n) is 7.56. The van der Waals surface area contributed by atoms with Gasteiger partial charge in [-0.3, -0.25) is 14.5 Å². The summed E-state index contributed by atoms with van der Waals surface area (Å²) in [5.74, 6) is 1.81. The largest absolute Gasteiger partial charge is 0.492 e. The van der Waals surface area contributed by atoms with Gasteiger partial charge in [-0.1, -0.05) is 48.5 Å². The van der Waals surface area contributed by atoms with E-state index in [-0.39, 0.29) is 0 Å². The summed E-state index contributed by atoms with van der Waals surface area (Å²) in [6.45, 7) is 3.53. The van der Waals surface area contributed by atoms with Crippen molar-refractivity contribution in [1.29, 1.82) is 0 Å². The molecule has 0 bridgehead atoms. The van der Waals surface area contributed by atoms with Crippen LogP contribution in [0.25, 0.3) is 11.4 Å². The molecule has 0 saturated heterocycles. The zero-order valence-electron chi connectivity index (χ0n) is 17.1. The molecule has 3 heterocycles. The molecule has 0 saturated carbocycles. The van der Waals surface area contributed by atoms with Gasteiger partial charge in [0, 0.05) is 36.6 Å². The summed E-state index contributed by atoms with van der Waals surface area (Å²) in [6.07, 6.45) is 3.57. The van der Waals surface area contributed by atoms with Crippen molar-refractivity contribution in [2.75, 3.05) is 13.2 Å². The Morgan fingerprint density at radius 3 is 2.55 bits per heavy atom. The number of rotatable bonds is 5. The minimum atomic E-state index is 0.608. The molecule has 0 spiro atoms. The van der Waals surface area contributed by atoms with Crippen LogP contribution in [0.4, 0.5) is 0 Å². The lowest BCUT2D eigenvalue weighted by Gasteiger charge is -2.18. The fourth-order valence-corrected chi connectivity index (χ4v) is 4.10. The maximum absolute atomic E-state index is 5.91. The molecule has 1 aliphatic heterocycles. The van der Waals surface area contributed by atoms with Crippen LogP contribution in [0.1, 0.15) is 11.1 Å². The van der Waals surface area contributed by atoms with Crippen molar-refractivity contribution in [1.82, 2.24) is 24.2 Å². The first-order chi connectivity index (χ1) is 15.3. The molecule has 7 heteroatoms. The first-order valence-corrected chi connectivity index (χ1v) is 10.7. The molecule has 0 amide bonds. The minimum Gasteiger partial charge on any atom is -0.492 e. The number of fused-ring (bicyclic) bond motifs is 1. The monoisotopic (exact) mass is 429 g/mol. The molecule has 156 valence electrons. The first kappa shape index (κ1) is 19.7. The molecule has 0 N–H and O–H groups in total. The van der Waals surface area contributed by atoms with Crippen molar-refractivity contribution >= 4 is 12.2 Å². The van der Waals surface area contributed by atoms with Crippen LogP contribution in [-0.4, -0.2) is 37.4 Å². The van der Waals surface area contributed by atoms with Gasteiger partial charge in [0.2, 0.25) is 0 Å². The number of aromatic nitrogens is 4. The lowest BCUT2D eigenvalue weighted by molar-refractivity contribution is 0.177. The number of hydrogen-bond donors (Lipinski definition) is 0. The number of nitrogens with zero attached hydrogens (tertiary/aromatic N) is 5. The molecule has 0 unspecified atom stereocenters. The van der Waals surface area contributed by atoms with E-state index in [1.54, 1.807) is 12.4 Å². The van der Waals surface area contributed by atoms with E-state index < -0.39 is 0 Å². The Morgan fingerprint density at radius 1 is 0.935 bits per heavy atom. The van der Waals surface area contributed by atoms with Crippen LogP contribution in [-0.2, 0) is 19.8 Å². The summed E-state index contributed by atoms with van der Waals surface area (Å²) < 4.78 is 10.6. The van der Waals surface area contributed by atoms with Gasteiger partial charge in [-0.15, -0.1) is 0 Å². The highest BCUT2D eigenvalue weighted by molar-refractivity contribution is 7.71. The summed E-state index contributed by atoms with van der Waals surface area (Å²) in [6, 6.07) is 22.5. The minimum absolute atomic E-state index is 0.608. The second kappa shape index (κ2) is 8.83. The average Bonchev–Trinajstić information content (AvgIpc) is 2.98. The highest BCUT2D eigenvalue weighted by atomic mass is 32.1. The van der Waals surface area contributed by atoms with Crippen molar-refractivity contribution in [3.63, 3.8) is 0 Å². The van der Waals surface area contributed by atoms with Crippen LogP contribution < -0.4 is 4.74 Å². The van der Waals surface area contributed by atoms with Crippen LogP contribution in [0.5, 0.6) is 5.75 Å². The van der Waals surface area contributed by atoms with E-state index >= 15 is 0 Å².